The summed E-state index contributed by atoms with van der Waals surface area (Å²) in [6.45, 7) is 0.328. The zero-order valence-electron chi connectivity index (χ0n) is 17.8. The number of hydrogen-bond acceptors (Lipinski definition) is 6. The summed E-state index contributed by atoms with van der Waals surface area (Å²) in [5.74, 6) is -2.66. The van der Waals surface area contributed by atoms with Crippen molar-refractivity contribution in [3.8, 4) is 11.5 Å². The number of methoxy groups -OCH3 is 1. The lowest BCUT2D eigenvalue weighted by Crippen LogP contribution is -2.51. The number of nitrogens with one attached hydrogen (secondary N) is 2. The molecule has 2 aromatic carbocycles. The van der Waals surface area contributed by atoms with E-state index in [0.29, 0.717) is 25.1 Å². The first kappa shape index (κ1) is 24.7. The molecule has 172 valence electrons. The van der Waals surface area contributed by atoms with Crippen LogP contribution in [0.1, 0.15) is 24.0 Å². The molecule has 0 bridgehead atoms. The third-order valence-corrected chi connectivity index (χ3v) is 4.87. The van der Waals surface area contributed by atoms with Gasteiger partial charge in [-0.25, -0.2) is 4.79 Å². The van der Waals surface area contributed by atoms with Crippen molar-refractivity contribution in [2.24, 2.45) is 0 Å². The highest BCUT2D eigenvalue weighted by Gasteiger charge is 2.26. The molecule has 0 aliphatic carbocycles. The second-order valence-electron chi connectivity index (χ2n) is 7.30. The molecule has 0 saturated carbocycles. The maximum Gasteiger partial charge on any atom is 0.326 e. The van der Waals surface area contributed by atoms with Gasteiger partial charge in [0.1, 0.15) is 6.04 Å². The first-order chi connectivity index (χ1) is 15.3. The van der Waals surface area contributed by atoms with Gasteiger partial charge in [0.05, 0.1) is 19.6 Å². The fraction of sp³-hybridized carbons (Fsp3) is 0.348. The molecule has 0 aliphatic heterocycles. The number of phenols is 1. The number of ether oxygens (including phenoxy) is 1. The maximum atomic E-state index is 12.6. The van der Waals surface area contributed by atoms with Crippen molar-refractivity contribution in [1.82, 2.24) is 10.6 Å². The van der Waals surface area contributed by atoms with E-state index in [9.17, 15) is 24.6 Å². The van der Waals surface area contributed by atoms with Gasteiger partial charge >= 0.3 is 11.9 Å². The second-order valence-corrected chi connectivity index (χ2v) is 7.30. The van der Waals surface area contributed by atoms with Crippen molar-refractivity contribution < 1.29 is 34.4 Å². The molecule has 0 radical (unpaired) electrons. The van der Waals surface area contributed by atoms with Crippen LogP contribution in [-0.4, -0.2) is 58.9 Å². The molecule has 2 rings (SSSR count). The minimum atomic E-state index is -1.20. The van der Waals surface area contributed by atoms with E-state index in [4.69, 9.17) is 9.84 Å². The lowest BCUT2D eigenvalue weighted by Gasteiger charge is -2.20. The van der Waals surface area contributed by atoms with Crippen LogP contribution in [0.25, 0.3) is 0 Å². The van der Waals surface area contributed by atoms with Crippen molar-refractivity contribution in [2.75, 3.05) is 13.7 Å². The average molecular weight is 444 g/mol. The summed E-state index contributed by atoms with van der Waals surface area (Å²) >= 11 is 0. The fourth-order valence-corrected chi connectivity index (χ4v) is 3.21. The summed E-state index contributed by atoms with van der Waals surface area (Å²) in [4.78, 5) is 35.4. The molecular formula is C23H28N2O7. The smallest absolute Gasteiger partial charge is 0.326 e. The second kappa shape index (κ2) is 12.3. The van der Waals surface area contributed by atoms with Crippen molar-refractivity contribution in [1.29, 1.82) is 0 Å². The SMILES string of the molecule is COc1ccc(CCCN[C@H](CC(=O)O)C(=O)N[C@@H](Cc2ccccc2)C(=O)O)cc1O. The molecule has 0 spiro atoms. The topological polar surface area (TPSA) is 145 Å². The van der Waals surface area contributed by atoms with Gasteiger partial charge in [0.25, 0.3) is 0 Å². The molecule has 0 unspecified atom stereocenters. The molecule has 0 aromatic heterocycles. The molecule has 0 aliphatic rings. The molecule has 2 atom stereocenters. The largest absolute Gasteiger partial charge is 0.504 e. The van der Waals surface area contributed by atoms with E-state index in [1.54, 1.807) is 48.5 Å². The van der Waals surface area contributed by atoms with E-state index in [2.05, 4.69) is 10.6 Å². The Bertz CT molecular complexity index is 918. The molecular weight excluding hydrogens is 416 g/mol. The van der Waals surface area contributed by atoms with Gasteiger partial charge in [-0.2, -0.15) is 0 Å². The number of carboxylic acid groups (broad SMARTS) is 2. The number of rotatable bonds is 13. The first-order valence-electron chi connectivity index (χ1n) is 10.2. The minimum absolute atomic E-state index is 0.0271. The van der Waals surface area contributed by atoms with E-state index in [-0.39, 0.29) is 12.2 Å². The lowest BCUT2D eigenvalue weighted by atomic mass is 10.0. The average Bonchev–Trinajstić information content (AvgIpc) is 2.75. The Kier molecular flexibility index (Phi) is 9.49. The molecule has 0 heterocycles. The van der Waals surface area contributed by atoms with Gasteiger partial charge in [0.2, 0.25) is 5.91 Å². The van der Waals surface area contributed by atoms with Gasteiger partial charge in [-0.15, -0.1) is 0 Å². The monoisotopic (exact) mass is 444 g/mol. The van der Waals surface area contributed by atoms with Crippen LogP contribution in [0.2, 0.25) is 0 Å². The molecule has 2 aromatic rings. The zero-order chi connectivity index (χ0) is 23.5. The van der Waals surface area contributed by atoms with E-state index >= 15 is 0 Å². The standard InChI is InChI=1S/C23H28N2O7/c1-32-20-10-9-16(13-19(20)26)8-5-11-24-17(14-21(27)28)22(29)25-18(23(30)31)12-15-6-3-2-4-7-15/h2-4,6-7,9-10,13,17-18,24,26H,5,8,11-12,14H2,1H3,(H,25,29)(H,27,28)(H,30,31)/t17-,18+/m1/s1. The fourth-order valence-electron chi connectivity index (χ4n) is 3.21. The number of amides is 1. The van der Waals surface area contributed by atoms with Crippen LogP contribution in [0, 0.1) is 0 Å². The van der Waals surface area contributed by atoms with Crippen LogP contribution >= 0.6 is 0 Å². The summed E-state index contributed by atoms with van der Waals surface area (Å²) in [5, 5.41) is 33.8. The summed E-state index contributed by atoms with van der Waals surface area (Å²) in [6, 6.07) is 11.6. The molecule has 5 N–H and O–H groups in total. The number of phenolic OH excluding ortho intramolecular Hbond substituents is 1. The molecule has 1 amide bonds. The van der Waals surface area contributed by atoms with Crippen molar-refractivity contribution >= 4 is 17.8 Å². The van der Waals surface area contributed by atoms with Crippen molar-refractivity contribution in [3.05, 3.63) is 59.7 Å². The van der Waals surface area contributed by atoms with Gasteiger partial charge in [-0.1, -0.05) is 36.4 Å². The quantitative estimate of drug-likeness (QED) is 0.293. The van der Waals surface area contributed by atoms with E-state index in [0.717, 1.165) is 11.1 Å². The van der Waals surface area contributed by atoms with Gasteiger partial charge in [0.15, 0.2) is 11.5 Å². The Morgan fingerprint density at radius 1 is 1.00 bits per heavy atom. The number of carbonyl (C=O) groups excluding carboxylic acids is 1. The summed E-state index contributed by atoms with van der Waals surface area (Å²) in [7, 11) is 1.46. The van der Waals surface area contributed by atoms with Gasteiger partial charge in [-0.3, -0.25) is 9.59 Å². The number of carbonyl (C=O) groups is 3. The highest BCUT2D eigenvalue weighted by molar-refractivity contribution is 5.89. The van der Waals surface area contributed by atoms with Gasteiger partial charge in [0, 0.05) is 6.42 Å². The summed E-state index contributed by atoms with van der Waals surface area (Å²) in [6.07, 6.45) is 0.759. The molecule has 0 saturated heterocycles. The van der Waals surface area contributed by atoms with Gasteiger partial charge < -0.3 is 30.7 Å². The number of benzene rings is 2. The predicted molar refractivity (Wildman–Crippen MR) is 117 cm³/mol. The first-order valence-corrected chi connectivity index (χ1v) is 10.2. The molecule has 9 heteroatoms. The number of aliphatic carboxylic acids is 2. The highest BCUT2D eigenvalue weighted by Crippen LogP contribution is 2.26. The third-order valence-electron chi connectivity index (χ3n) is 4.87. The van der Waals surface area contributed by atoms with Crippen molar-refractivity contribution in [2.45, 2.75) is 37.8 Å². The number of aryl methyl sites for hydroxylation is 1. The van der Waals surface area contributed by atoms with E-state index < -0.39 is 36.4 Å². The summed E-state index contributed by atoms with van der Waals surface area (Å²) < 4.78 is 5.00. The Morgan fingerprint density at radius 3 is 2.31 bits per heavy atom. The van der Waals surface area contributed by atoms with Crippen LogP contribution in [0.15, 0.2) is 48.5 Å². The van der Waals surface area contributed by atoms with Crippen molar-refractivity contribution in [3.63, 3.8) is 0 Å². The third kappa shape index (κ3) is 7.92. The van der Waals surface area contributed by atoms with Crippen LogP contribution in [0.3, 0.4) is 0 Å². The normalized spacial score (nSPS) is 12.5. The van der Waals surface area contributed by atoms with Gasteiger partial charge in [-0.05, 0) is 42.6 Å². The molecule has 0 fully saturated rings. The Labute approximate surface area is 186 Å². The maximum absolute atomic E-state index is 12.6. The van der Waals surface area contributed by atoms with Crippen LogP contribution in [0.4, 0.5) is 0 Å². The number of carboxylic acids is 2. The lowest BCUT2D eigenvalue weighted by molar-refractivity contribution is -0.143. The van der Waals surface area contributed by atoms with E-state index in [1.165, 1.54) is 7.11 Å². The van der Waals surface area contributed by atoms with Crippen LogP contribution < -0.4 is 15.4 Å². The highest BCUT2D eigenvalue weighted by atomic mass is 16.5. The Hall–Kier alpha value is -3.59. The number of hydrogen-bond donors (Lipinski definition) is 5. The Morgan fingerprint density at radius 2 is 1.72 bits per heavy atom. The van der Waals surface area contributed by atoms with Crippen LogP contribution in [0.5, 0.6) is 11.5 Å². The van der Waals surface area contributed by atoms with Crippen LogP contribution in [-0.2, 0) is 27.2 Å². The minimum Gasteiger partial charge on any atom is -0.504 e. The predicted octanol–water partition coefficient (Wildman–Crippen LogP) is 1.58. The van der Waals surface area contributed by atoms with E-state index in [1.807, 2.05) is 0 Å². The summed E-state index contributed by atoms with van der Waals surface area (Å²) in [5.41, 5.74) is 1.60. The number of aromatic hydroxyl groups is 1. The Balaban J connectivity index is 1.92. The molecule has 32 heavy (non-hydrogen) atoms. The molecule has 9 nitrogen and oxygen atoms in total. The zero-order valence-corrected chi connectivity index (χ0v) is 17.8.